The zero-order valence-electron chi connectivity index (χ0n) is 5.82. The van der Waals surface area contributed by atoms with E-state index in [1.54, 1.807) is 0 Å². The average Bonchev–Trinajstić information content (AvgIpc) is 2.20. The molecule has 3 nitrogen and oxygen atoms in total. The first-order chi connectivity index (χ1) is 4.75. The number of hydrogen-bond acceptors (Lipinski definition) is 1. The first-order valence-electron chi connectivity index (χ1n) is 3.08. The number of aryl methyl sites for hydroxylation is 1. The van der Waals surface area contributed by atoms with E-state index in [0.29, 0.717) is 6.54 Å². The van der Waals surface area contributed by atoms with Crippen molar-refractivity contribution >= 4 is 15.6 Å². The van der Waals surface area contributed by atoms with Crippen LogP contribution in [0.4, 0.5) is 0 Å². The number of aliphatic hydroxyl groups is 1. The standard InChI is InChI=1S/C6H10N2OSe/c1-7-2-3-8(4-5-9)6(7)10/h2-3,9H,4-5H2,1H3. The van der Waals surface area contributed by atoms with Gasteiger partial charge in [-0.1, -0.05) is 0 Å². The van der Waals surface area contributed by atoms with Crippen LogP contribution in [0.5, 0.6) is 0 Å². The summed E-state index contributed by atoms with van der Waals surface area (Å²) in [5, 5.41) is 8.61. The predicted octanol–water partition coefficient (Wildman–Crippen LogP) is -0.481. The average molecular weight is 205 g/mol. The predicted molar refractivity (Wildman–Crippen MR) is 39.5 cm³/mol. The molecule has 0 unspecified atom stereocenters. The Morgan fingerprint density at radius 1 is 1.60 bits per heavy atom. The SMILES string of the molecule is Cn1ccn(CCO)c1=[Se]. The third-order valence-corrected chi connectivity index (χ3v) is 2.45. The molecule has 0 aliphatic heterocycles. The molecule has 4 heteroatoms. The van der Waals surface area contributed by atoms with Gasteiger partial charge in [0.2, 0.25) is 0 Å². The summed E-state index contributed by atoms with van der Waals surface area (Å²) in [6.07, 6.45) is 3.88. The van der Waals surface area contributed by atoms with Crippen molar-refractivity contribution in [2.24, 2.45) is 7.05 Å². The number of rotatable bonds is 2. The van der Waals surface area contributed by atoms with Crippen LogP contribution in [0.2, 0.25) is 0 Å². The molecule has 0 radical (unpaired) electrons. The molecule has 10 heavy (non-hydrogen) atoms. The van der Waals surface area contributed by atoms with Gasteiger partial charge in [-0.05, 0) is 0 Å². The Morgan fingerprint density at radius 2 is 2.30 bits per heavy atom. The Balaban J connectivity index is 2.95. The molecule has 0 aromatic carbocycles. The van der Waals surface area contributed by atoms with Gasteiger partial charge >= 0.3 is 66.7 Å². The van der Waals surface area contributed by atoms with Crippen molar-refractivity contribution in [3.63, 3.8) is 0 Å². The van der Waals surface area contributed by atoms with Crippen LogP contribution < -0.4 is 0 Å². The Hall–Kier alpha value is -0.311. The van der Waals surface area contributed by atoms with Gasteiger partial charge in [0.1, 0.15) is 0 Å². The second-order valence-electron chi connectivity index (χ2n) is 2.11. The summed E-state index contributed by atoms with van der Waals surface area (Å²) < 4.78 is 4.96. The van der Waals surface area contributed by atoms with E-state index in [2.05, 4.69) is 15.6 Å². The summed E-state index contributed by atoms with van der Waals surface area (Å²) in [5.41, 5.74) is 0. The number of aliphatic hydroxyl groups excluding tert-OH is 1. The van der Waals surface area contributed by atoms with E-state index in [9.17, 15) is 0 Å². The van der Waals surface area contributed by atoms with Crippen molar-refractivity contribution in [2.75, 3.05) is 6.61 Å². The Morgan fingerprint density at radius 3 is 2.70 bits per heavy atom. The van der Waals surface area contributed by atoms with E-state index in [1.165, 1.54) is 0 Å². The van der Waals surface area contributed by atoms with Crippen LogP contribution in [0, 0.1) is 4.32 Å². The number of nitrogens with zero attached hydrogens (tertiary/aromatic N) is 2. The van der Waals surface area contributed by atoms with E-state index in [4.69, 9.17) is 5.11 Å². The fraction of sp³-hybridized carbons (Fsp3) is 0.500. The maximum atomic E-state index is 8.61. The molecule has 1 aromatic heterocycles. The Kier molecular flexibility index (Phi) is 2.49. The molecule has 0 saturated carbocycles. The van der Waals surface area contributed by atoms with Crippen LogP contribution in [-0.2, 0) is 13.6 Å². The van der Waals surface area contributed by atoms with E-state index in [0.717, 1.165) is 4.32 Å². The van der Waals surface area contributed by atoms with Crippen molar-refractivity contribution in [2.45, 2.75) is 6.54 Å². The minimum absolute atomic E-state index is 0.184. The van der Waals surface area contributed by atoms with Crippen LogP contribution in [0.25, 0.3) is 0 Å². The van der Waals surface area contributed by atoms with Gasteiger partial charge in [0.15, 0.2) is 0 Å². The van der Waals surface area contributed by atoms with Crippen molar-refractivity contribution in [3.8, 4) is 0 Å². The normalized spacial score (nSPS) is 10.2. The molecule has 0 amide bonds. The monoisotopic (exact) mass is 206 g/mol. The first kappa shape index (κ1) is 7.79. The minimum atomic E-state index is 0.184. The zero-order valence-corrected chi connectivity index (χ0v) is 7.53. The third kappa shape index (κ3) is 1.40. The third-order valence-electron chi connectivity index (χ3n) is 1.36. The van der Waals surface area contributed by atoms with E-state index in [1.807, 2.05) is 28.6 Å². The summed E-state index contributed by atoms with van der Waals surface area (Å²) in [6.45, 7) is 0.840. The van der Waals surface area contributed by atoms with Crippen molar-refractivity contribution in [1.29, 1.82) is 0 Å². The van der Waals surface area contributed by atoms with Crippen LogP contribution in [0.1, 0.15) is 0 Å². The van der Waals surface area contributed by atoms with Crippen LogP contribution >= 0.6 is 0 Å². The van der Waals surface area contributed by atoms with Gasteiger partial charge in [-0.25, -0.2) is 0 Å². The topological polar surface area (TPSA) is 30.1 Å². The molecule has 0 aliphatic carbocycles. The van der Waals surface area contributed by atoms with Gasteiger partial charge in [0.05, 0.1) is 0 Å². The summed E-state index contributed by atoms with van der Waals surface area (Å²) in [5.74, 6) is 0. The Labute approximate surface area is 67.3 Å². The molecule has 1 rings (SSSR count). The van der Waals surface area contributed by atoms with Gasteiger partial charge in [-0.2, -0.15) is 0 Å². The van der Waals surface area contributed by atoms with Crippen LogP contribution in [-0.4, -0.2) is 36.4 Å². The molecule has 0 atom stereocenters. The van der Waals surface area contributed by atoms with E-state index >= 15 is 0 Å². The fourth-order valence-corrected chi connectivity index (χ4v) is 1.24. The number of aromatic nitrogens is 2. The second-order valence-corrected chi connectivity index (χ2v) is 2.87. The molecule has 0 saturated heterocycles. The molecule has 0 aliphatic rings. The van der Waals surface area contributed by atoms with Gasteiger partial charge in [0.25, 0.3) is 0 Å². The Bertz CT molecular complexity index is 263. The second kappa shape index (κ2) is 3.19. The summed E-state index contributed by atoms with van der Waals surface area (Å²) in [6, 6.07) is 0. The molecule has 1 aromatic rings. The molecular weight excluding hydrogens is 195 g/mol. The summed E-state index contributed by atoms with van der Waals surface area (Å²) in [7, 11) is 1.96. The molecule has 1 heterocycles. The first-order valence-corrected chi connectivity index (χ1v) is 3.94. The van der Waals surface area contributed by atoms with Gasteiger partial charge < -0.3 is 0 Å². The molecule has 0 spiro atoms. The van der Waals surface area contributed by atoms with Gasteiger partial charge in [-0.15, -0.1) is 0 Å². The molecular formula is C6H10N2OSe. The van der Waals surface area contributed by atoms with E-state index in [-0.39, 0.29) is 6.61 Å². The van der Waals surface area contributed by atoms with Crippen LogP contribution in [0.3, 0.4) is 0 Å². The van der Waals surface area contributed by atoms with E-state index < -0.39 is 0 Å². The number of hydrogen-bond donors (Lipinski definition) is 1. The van der Waals surface area contributed by atoms with Gasteiger partial charge in [-0.3, -0.25) is 0 Å². The molecule has 1 N–H and O–H groups in total. The van der Waals surface area contributed by atoms with Crippen molar-refractivity contribution in [3.05, 3.63) is 16.7 Å². The molecule has 56 valence electrons. The summed E-state index contributed by atoms with van der Waals surface area (Å²) in [4.78, 5) is 0. The maximum absolute atomic E-state index is 8.61. The van der Waals surface area contributed by atoms with Gasteiger partial charge in [0, 0.05) is 0 Å². The quantitative estimate of drug-likeness (QED) is 0.649. The summed E-state index contributed by atoms with van der Waals surface area (Å²) >= 11 is 2.92. The fourth-order valence-electron chi connectivity index (χ4n) is 0.789. The molecule has 0 bridgehead atoms. The molecule has 0 fully saturated rings. The zero-order chi connectivity index (χ0) is 7.56. The number of imidazole rings is 1. The van der Waals surface area contributed by atoms with Crippen LogP contribution in [0.15, 0.2) is 12.4 Å². The van der Waals surface area contributed by atoms with Crippen molar-refractivity contribution < 1.29 is 5.11 Å². The van der Waals surface area contributed by atoms with Crippen molar-refractivity contribution in [1.82, 2.24) is 9.13 Å².